The quantitative estimate of drug-likeness (QED) is 0.895. The lowest BCUT2D eigenvalue weighted by molar-refractivity contribution is -0.118. The molecule has 0 fully saturated rings. The second-order valence-electron chi connectivity index (χ2n) is 6.36. The van der Waals surface area contributed by atoms with Gasteiger partial charge in [-0.05, 0) is 23.1 Å². The summed E-state index contributed by atoms with van der Waals surface area (Å²) in [6.45, 7) is 9.66. The maximum Gasteiger partial charge on any atom is 0.252 e. The predicted octanol–water partition coefficient (Wildman–Crippen LogP) is 2.69. The molecule has 0 atom stereocenters. The fourth-order valence-electron chi connectivity index (χ4n) is 1.83. The molecule has 0 aromatic heterocycles. The SMILES string of the molecule is COc1c(NC(=O)C(C)C)cc(C(C)(C)C)cc1C(N)=O. The topological polar surface area (TPSA) is 81.4 Å². The van der Waals surface area contributed by atoms with Crippen LogP contribution in [0, 0.1) is 5.92 Å². The zero-order valence-electron chi connectivity index (χ0n) is 13.5. The summed E-state index contributed by atoms with van der Waals surface area (Å²) in [5, 5.41) is 2.80. The van der Waals surface area contributed by atoms with Gasteiger partial charge >= 0.3 is 0 Å². The summed E-state index contributed by atoms with van der Waals surface area (Å²) in [7, 11) is 1.45. The fourth-order valence-corrected chi connectivity index (χ4v) is 1.83. The van der Waals surface area contributed by atoms with Crippen LogP contribution in [0.5, 0.6) is 5.75 Å². The van der Waals surface area contributed by atoms with Crippen molar-refractivity contribution in [2.75, 3.05) is 12.4 Å². The van der Waals surface area contributed by atoms with Gasteiger partial charge in [-0.1, -0.05) is 34.6 Å². The number of hydrogen-bond donors (Lipinski definition) is 2. The summed E-state index contributed by atoms with van der Waals surface area (Å²) in [6, 6.07) is 3.54. The molecule has 5 heteroatoms. The maximum atomic E-state index is 11.9. The van der Waals surface area contributed by atoms with Crippen LogP contribution in [0.25, 0.3) is 0 Å². The number of benzene rings is 1. The van der Waals surface area contributed by atoms with Gasteiger partial charge in [0.25, 0.3) is 5.91 Å². The van der Waals surface area contributed by atoms with Crippen LogP contribution >= 0.6 is 0 Å². The minimum Gasteiger partial charge on any atom is -0.494 e. The number of ether oxygens (including phenoxy) is 1. The third kappa shape index (κ3) is 3.97. The third-order valence-corrected chi connectivity index (χ3v) is 3.21. The van der Waals surface area contributed by atoms with Gasteiger partial charge in [-0.2, -0.15) is 0 Å². The van der Waals surface area contributed by atoms with Gasteiger partial charge in [-0.25, -0.2) is 0 Å². The standard InChI is InChI=1S/C16H24N2O3/c1-9(2)15(20)18-12-8-10(16(3,4)5)7-11(14(17)19)13(12)21-6/h7-9H,1-6H3,(H2,17,19)(H,18,20). The summed E-state index contributed by atoms with van der Waals surface area (Å²) in [5.41, 5.74) is 6.88. The maximum absolute atomic E-state index is 11.9. The molecule has 116 valence electrons. The monoisotopic (exact) mass is 292 g/mol. The number of nitrogens with one attached hydrogen (secondary N) is 1. The van der Waals surface area contributed by atoms with Gasteiger partial charge in [0.1, 0.15) is 0 Å². The summed E-state index contributed by atoms with van der Waals surface area (Å²) < 4.78 is 5.27. The smallest absolute Gasteiger partial charge is 0.252 e. The Morgan fingerprint density at radius 2 is 1.81 bits per heavy atom. The van der Waals surface area contributed by atoms with Crippen molar-refractivity contribution in [2.24, 2.45) is 11.7 Å². The molecule has 0 radical (unpaired) electrons. The highest BCUT2D eigenvalue weighted by Crippen LogP contribution is 2.35. The molecule has 3 N–H and O–H groups in total. The van der Waals surface area contributed by atoms with Crippen molar-refractivity contribution >= 4 is 17.5 Å². The van der Waals surface area contributed by atoms with Crippen molar-refractivity contribution in [3.63, 3.8) is 0 Å². The van der Waals surface area contributed by atoms with E-state index in [1.165, 1.54) is 7.11 Å². The van der Waals surface area contributed by atoms with Crippen LogP contribution in [0.2, 0.25) is 0 Å². The van der Waals surface area contributed by atoms with E-state index in [0.717, 1.165) is 5.56 Å². The fraction of sp³-hybridized carbons (Fsp3) is 0.500. The van der Waals surface area contributed by atoms with Crippen LogP contribution in [0.1, 0.15) is 50.5 Å². The van der Waals surface area contributed by atoms with Gasteiger partial charge in [-0.15, -0.1) is 0 Å². The van der Waals surface area contributed by atoms with Gasteiger partial charge in [0.05, 0.1) is 18.4 Å². The summed E-state index contributed by atoms with van der Waals surface area (Å²) in [6.07, 6.45) is 0. The number of primary amides is 1. The van der Waals surface area contributed by atoms with E-state index < -0.39 is 5.91 Å². The van der Waals surface area contributed by atoms with Crippen LogP contribution in [-0.4, -0.2) is 18.9 Å². The molecule has 0 saturated heterocycles. The number of methoxy groups -OCH3 is 1. The van der Waals surface area contributed by atoms with E-state index in [-0.39, 0.29) is 22.8 Å². The number of carbonyl (C=O) groups is 2. The molecule has 0 aliphatic heterocycles. The van der Waals surface area contributed by atoms with Gasteiger partial charge in [0.2, 0.25) is 5.91 Å². The first-order valence-electron chi connectivity index (χ1n) is 6.91. The Morgan fingerprint density at radius 3 is 2.19 bits per heavy atom. The Balaban J connectivity index is 3.48. The predicted molar refractivity (Wildman–Crippen MR) is 83.7 cm³/mol. The Labute approximate surface area is 125 Å². The number of amides is 2. The molecule has 1 aromatic carbocycles. The Kier molecular flexibility index (Phi) is 4.99. The highest BCUT2D eigenvalue weighted by molar-refractivity contribution is 6.01. The average molecular weight is 292 g/mol. The van der Waals surface area contributed by atoms with Crippen molar-refractivity contribution in [2.45, 2.75) is 40.0 Å². The molecule has 1 rings (SSSR count). The van der Waals surface area contributed by atoms with E-state index in [4.69, 9.17) is 10.5 Å². The lowest BCUT2D eigenvalue weighted by atomic mass is 9.85. The second kappa shape index (κ2) is 6.16. The van der Waals surface area contributed by atoms with Crippen LogP contribution in [0.3, 0.4) is 0 Å². The van der Waals surface area contributed by atoms with Crippen LogP contribution in [0.4, 0.5) is 5.69 Å². The lowest BCUT2D eigenvalue weighted by Gasteiger charge is -2.23. The zero-order chi connectivity index (χ0) is 16.4. The molecule has 2 amide bonds. The molecule has 5 nitrogen and oxygen atoms in total. The number of anilines is 1. The van der Waals surface area contributed by atoms with E-state index in [0.29, 0.717) is 11.4 Å². The minimum atomic E-state index is -0.585. The molecule has 1 aromatic rings. The molecule has 0 aliphatic rings. The first kappa shape index (κ1) is 17.0. The molecule has 0 bridgehead atoms. The van der Waals surface area contributed by atoms with E-state index >= 15 is 0 Å². The molecule has 21 heavy (non-hydrogen) atoms. The van der Waals surface area contributed by atoms with Crippen LogP contribution < -0.4 is 15.8 Å². The molecule has 0 spiro atoms. The van der Waals surface area contributed by atoms with Crippen molar-refractivity contribution in [3.05, 3.63) is 23.3 Å². The molecular formula is C16H24N2O3. The average Bonchev–Trinajstić information content (AvgIpc) is 2.36. The highest BCUT2D eigenvalue weighted by Gasteiger charge is 2.23. The van der Waals surface area contributed by atoms with Crippen LogP contribution in [-0.2, 0) is 10.2 Å². The van der Waals surface area contributed by atoms with Crippen molar-refractivity contribution < 1.29 is 14.3 Å². The van der Waals surface area contributed by atoms with Crippen LogP contribution in [0.15, 0.2) is 12.1 Å². The lowest BCUT2D eigenvalue weighted by Crippen LogP contribution is -2.22. The normalized spacial score (nSPS) is 11.4. The van der Waals surface area contributed by atoms with Crippen molar-refractivity contribution in [1.82, 2.24) is 0 Å². The number of carbonyl (C=O) groups excluding carboxylic acids is 2. The Hall–Kier alpha value is -2.04. The number of hydrogen-bond acceptors (Lipinski definition) is 3. The van der Waals surface area contributed by atoms with Crippen molar-refractivity contribution in [3.8, 4) is 5.75 Å². The molecular weight excluding hydrogens is 268 g/mol. The molecule has 0 saturated carbocycles. The zero-order valence-corrected chi connectivity index (χ0v) is 13.5. The van der Waals surface area contributed by atoms with Gasteiger partial charge in [0, 0.05) is 5.92 Å². The first-order chi connectivity index (χ1) is 9.57. The first-order valence-corrected chi connectivity index (χ1v) is 6.91. The number of nitrogens with two attached hydrogens (primary N) is 1. The second-order valence-corrected chi connectivity index (χ2v) is 6.36. The summed E-state index contributed by atoms with van der Waals surface area (Å²) in [5.74, 6) is -0.609. The van der Waals surface area contributed by atoms with Gasteiger partial charge < -0.3 is 15.8 Å². The molecule has 0 unspecified atom stereocenters. The van der Waals surface area contributed by atoms with Gasteiger partial charge in [0.15, 0.2) is 5.75 Å². The Morgan fingerprint density at radius 1 is 1.24 bits per heavy atom. The van der Waals surface area contributed by atoms with E-state index in [2.05, 4.69) is 5.32 Å². The highest BCUT2D eigenvalue weighted by atomic mass is 16.5. The molecule has 0 aliphatic carbocycles. The van der Waals surface area contributed by atoms with E-state index in [1.807, 2.05) is 26.8 Å². The van der Waals surface area contributed by atoms with Crippen molar-refractivity contribution in [1.29, 1.82) is 0 Å². The number of rotatable bonds is 4. The molecule has 0 heterocycles. The van der Waals surface area contributed by atoms with Gasteiger partial charge in [-0.3, -0.25) is 9.59 Å². The minimum absolute atomic E-state index is 0.144. The van der Waals surface area contributed by atoms with E-state index in [1.54, 1.807) is 19.9 Å². The summed E-state index contributed by atoms with van der Waals surface area (Å²) >= 11 is 0. The largest absolute Gasteiger partial charge is 0.494 e. The third-order valence-electron chi connectivity index (χ3n) is 3.21. The Bertz CT molecular complexity index is 557. The van der Waals surface area contributed by atoms with E-state index in [9.17, 15) is 9.59 Å². The summed E-state index contributed by atoms with van der Waals surface area (Å²) in [4.78, 5) is 23.6.